The van der Waals surface area contributed by atoms with Gasteiger partial charge in [-0.05, 0) is 24.3 Å². The highest BCUT2D eigenvalue weighted by molar-refractivity contribution is 5.64. The average Bonchev–Trinajstić information content (AvgIpc) is 2.46. The second-order valence-corrected chi connectivity index (χ2v) is 3.66. The fourth-order valence-corrected chi connectivity index (χ4v) is 1.57. The summed E-state index contributed by atoms with van der Waals surface area (Å²) in [4.78, 5) is 0. The normalized spacial score (nSPS) is 9.94. The second-order valence-electron chi connectivity index (χ2n) is 3.66. The van der Waals surface area contributed by atoms with Crippen LogP contribution in [0.1, 0.15) is 0 Å². The van der Waals surface area contributed by atoms with Gasteiger partial charge in [0.1, 0.15) is 17.3 Å². The summed E-state index contributed by atoms with van der Waals surface area (Å²) in [6, 6.07) is 9.37. The highest BCUT2D eigenvalue weighted by atomic mass is 16.5. The van der Waals surface area contributed by atoms with Gasteiger partial charge in [-0.3, -0.25) is 0 Å². The number of benzene rings is 1. The summed E-state index contributed by atoms with van der Waals surface area (Å²) in [7, 11) is 5.04. The first-order chi connectivity index (χ1) is 8.76. The number of hydrogen-bond donors (Lipinski definition) is 1. The summed E-state index contributed by atoms with van der Waals surface area (Å²) < 4.78 is 10.4. The smallest absolute Gasteiger partial charge is 0.148 e. The van der Waals surface area contributed by atoms with E-state index in [2.05, 4.69) is 15.5 Å². The standard InChI is InChI=1S/C13H15N3O2/c1-14-13-5-4-12(15-16-13)9-6-10(17-2)8-11(7-9)18-3/h4-8H,1-3H3,(H,14,16). The quantitative estimate of drug-likeness (QED) is 0.895. The van der Waals surface area contributed by atoms with Gasteiger partial charge in [0.15, 0.2) is 0 Å². The lowest BCUT2D eigenvalue weighted by molar-refractivity contribution is 0.394. The maximum absolute atomic E-state index is 5.22. The Bertz CT molecular complexity index is 504. The number of aromatic nitrogens is 2. The van der Waals surface area contributed by atoms with Crippen LogP contribution in [-0.2, 0) is 0 Å². The van der Waals surface area contributed by atoms with Crippen molar-refractivity contribution in [1.82, 2.24) is 10.2 Å². The molecule has 2 rings (SSSR count). The van der Waals surface area contributed by atoms with Gasteiger partial charge in [-0.1, -0.05) is 0 Å². The van der Waals surface area contributed by atoms with E-state index in [1.165, 1.54) is 0 Å². The lowest BCUT2D eigenvalue weighted by Crippen LogP contribution is -1.96. The van der Waals surface area contributed by atoms with Gasteiger partial charge in [-0.25, -0.2) is 0 Å². The lowest BCUT2D eigenvalue weighted by atomic mass is 10.1. The molecular formula is C13H15N3O2. The van der Waals surface area contributed by atoms with Crippen molar-refractivity contribution < 1.29 is 9.47 Å². The minimum Gasteiger partial charge on any atom is -0.497 e. The Kier molecular flexibility index (Phi) is 3.62. The zero-order valence-corrected chi connectivity index (χ0v) is 10.6. The molecule has 0 aliphatic carbocycles. The Morgan fingerprint density at radius 1 is 0.944 bits per heavy atom. The van der Waals surface area contributed by atoms with E-state index >= 15 is 0 Å². The van der Waals surface area contributed by atoms with Gasteiger partial charge in [0, 0.05) is 18.7 Å². The molecule has 0 radical (unpaired) electrons. The first kappa shape index (κ1) is 12.2. The molecule has 0 saturated heterocycles. The van der Waals surface area contributed by atoms with E-state index in [4.69, 9.17) is 9.47 Å². The van der Waals surface area contributed by atoms with Crippen LogP contribution in [0.15, 0.2) is 30.3 Å². The molecule has 0 spiro atoms. The molecule has 5 nitrogen and oxygen atoms in total. The molecule has 94 valence electrons. The van der Waals surface area contributed by atoms with Crippen LogP contribution in [0, 0.1) is 0 Å². The summed E-state index contributed by atoms with van der Waals surface area (Å²) >= 11 is 0. The van der Waals surface area contributed by atoms with E-state index in [0.717, 1.165) is 28.6 Å². The molecule has 0 aliphatic heterocycles. The molecule has 0 bridgehead atoms. The van der Waals surface area contributed by atoms with E-state index < -0.39 is 0 Å². The summed E-state index contributed by atoms with van der Waals surface area (Å²) in [6.45, 7) is 0. The molecule has 0 amide bonds. The molecule has 1 N–H and O–H groups in total. The third-order valence-corrected chi connectivity index (χ3v) is 2.57. The van der Waals surface area contributed by atoms with Crippen molar-refractivity contribution in [3.63, 3.8) is 0 Å². The maximum atomic E-state index is 5.22. The summed E-state index contributed by atoms with van der Waals surface area (Å²) in [5, 5.41) is 11.1. The van der Waals surface area contributed by atoms with E-state index in [0.29, 0.717) is 0 Å². The van der Waals surface area contributed by atoms with Crippen molar-refractivity contribution in [2.75, 3.05) is 26.6 Å². The van der Waals surface area contributed by atoms with Crippen LogP contribution in [0.3, 0.4) is 0 Å². The van der Waals surface area contributed by atoms with E-state index in [9.17, 15) is 0 Å². The maximum Gasteiger partial charge on any atom is 0.148 e. The van der Waals surface area contributed by atoms with Crippen LogP contribution in [0.5, 0.6) is 11.5 Å². The van der Waals surface area contributed by atoms with Crippen molar-refractivity contribution >= 4 is 5.82 Å². The van der Waals surface area contributed by atoms with Crippen molar-refractivity contribution in [2.45, 2.75) is 0 Å². The summed E-state index contributed by atoms with van der Waals surface area (Å²) in [5.41, 5.74) is 1.67. The van der Waals surface area contributed by atoms with Crippen molar-refractivity contribution in [3.8, 4) is 22.8 Å². The van der Waals surface area contributed by atoms with Crippen LogP contribution >= 0.6 is 0 Å². The van der Waals surface area contributed by atoms with Gasteiger partial charge in [-0.15, -0.1) is 10.2 Å². The van der Waals surface area contributed by atoms with Crippen molar-refractivity contribution in [3.05, 3.63) is 30.3 Å². The van der Waals surface area contributed by atoms with Gasteiger partial charge < -0.3 is 14.8 Å². The van der Waals surface area contributed by atoms with E-state index in [1.807, 2.05) is 30.3 Å². The molecule has 0 saturated carbocycles. The van der Waals surface area contributed by atoms with Gasteiger partial charge in [-0.2, -0.15) is 0 Å². The average molecular weight is 245 g/mol. The molecule has 1 aromatic carbocycles. The van der Waals surface area contributed by atoms with Crippen molar-refractivity contribution in [2.24, 2.45) is 0 Å². The van der Waals surface area contributed by atoms with E-state index in [-0.39, 0.29) is 0 Å². The Morgan fingerprint density at radius 2 is 1.61 bits per heavy atom. The van der Waals surface area contributed by atoms with Crippen LogP contribution in [0.25, 0.3) is 11.3 Å². The zero-order chi connectivity index (χ0) is 13.0. The van der Waals surface area contributed by atoms with Gasteiger partial charge in [0.25, 0.3) is 0 Å². The van der Waals surface area contributed by atoms with E-state index in [1.54, 1.807) is 21.3 Å². The lowest BCUT2D eigenvalue weighted by Gasteiger charge is -2.08. The molecular weight excluding hydrogens is 230 g/mol. The molecule has 1 heterocycles. The van der Waals surface area contributed by atoms with Gasteiger partial charge in [0.2, 0.25) is 0 Å². The van der Waals surface area contributed by atoms with Gasteiger partial charge >= 0.3 is 0 Å². The number of nitrogens with zero attached hydrogens (tertiary/aromatic N) is 2. The zero-order valence-electron chi connectivity index (χ0n) is 10.6. The fraction of sp³-hybridized carbons (Fsp3) is 0.231. The summed E-state index contributed by atoms with van der Waals surface area (Å²) in [5.74, 6) is 2.18. The summed E-state index contributed by atoms with van der Waals surface area (Å²) in [6.07, 6.45) is 0. The molecule has 5 heteroatoms. The molecule has 0 atom stereocenters. The van der Waals surface area contributed by atoms with Crippen LogP contribution in [-0.4, -0.2) is 31.5 Å². The molecule has 0 aliphatic rings. The predicted octanol–water partition coefficient (Wildman–Crippen LogP) is 2.20. The van der Waals surface area contributed by atoms with Gasteiger partial charge in [0.05, 0.1) is 19.9 Å². The monoisotopic (exact) mass is 245 g/mol. The minimum absolute atomic E-state index is 0.726. The number of rotatable bonds is 4. The first-order valence-corrected chi connectivity index (χ1v) is 5.51. The topological polar surface area (TPSA) is 56.3 Å². The third kappa shape index (κ3) is 2.51. The Hall–Kier alpha value is -2.30. The largest absolute Gasteiger partial charge is 0.497 e. The Morgan fingerprint density at radius 3 is 2.06 bits per heavy atom. The highest BCUT2D eigenvalue weighted by Gasteiger charge is 2.06. The molecule has 2 aromatic rings. The minimum atomic E-state index is 0.726. The van der Waals surface area contributed by atoms with Crippen LogP contribution in [0.2, 0.25) is 0 Å². The SMILES string of the molecule is CNc1ccc(-c2cc(OC)cc(OC)c2)nn1. The number of nitrogens with one attached hydrogen (secondary N) is 1. The highest BCUT2D eigenvalue weighted by Crippen LogP contribution is 2.28. The first-order valence-electron chi connectivity index (χ1n) is 5.51. The third-order valence-electron chi connectivity index (χ3n) is 2.57. The molecule has 1 aromatic heterocycles. The van der Waals surface area contributed by atoms with Crippen LogP contribution in [0.4, 0.5) is 5.82 Å². The molecule has 18 heavy (non-hydrogen) atoms. The van der Waals surface area contributed by atoms with Crippen molar-refractivity contribution in [1.29, 1.82) is 0 Å². The molecule has 0 unspecified atom stereocenters. The Balaban J connectivity index is 2.41. The predicted molar refractivity (Wildman–Crippen MR) is 70.1 cm³/mol. The number of hydrogen-bond acceptors (Lipinski definition) is 5. The Labute approximate surface area is 106 Å². The number of methoxy groups -OCH3 is 2. The fourth-order valence-electron chi connectivity index (χ4n) is 1.57. The number of anilines is 1. The molecule has 0 fully saturated rings. The second kappa shape index (κ2) is 5.35. The van der Waals surface area contributed by atoms with Crippen LogP contribution < -0.4 is 14.8 Å². The number of ether oxygens (including phenoxy) is 2.